The van der Waals surface area contributed by atoms with Crippen molar-refractivity contribution < 1.29 is 4.79 Å². The van der Waals surface area contributed by atoms with E-state index in [2.05, 4.69) is 10.1 Å². The molecule has 78 valence electrons. The first-order valence-corrected chi connectivity index (χ1v) is 5.13. The number of carbonyl (C=O) groups is 1. The van der Waals surface area contributed by atoms with Crippen LogP contribution < -0.4 is 0 Å². The molecule has 0 aliphatic carbocycles. The molecule has 0 unspecified atom stereocenters. The van der Waals surface area contributed by atoms with Crippen molar-refractivity contribution in [2.45, 2.75) is 26.7 Å². The van der Waals surface area contributed by atoms with Gasteiger partial charge in [-0.3, -0.25) is 4.79 Å². The van der Waals surface area contributed by atoms with Crippen LogP contribution in [0.15, 0.2) is 18.3 Å². The summed E-state index contributed by atoms with van der Waals surface area (Å²) in [6.45, 7) is 3.85. The zero-order chi connectivity index (χ0) is 10.8. The van der Waals surface area contributed by atoms with Crippen molar-refractivity contribution in [1.82, 2.24) is 14.6 Å². The Morgan fingerprint density at radius 1 is 1.47 bits per heavy atom. The lowest BCUT2D eigenvalue weighted by Gasteiger charge is -1.98. The molecule has 0 atom stereocenters. The fourth-order valence-electron chi connectivity index (χ4n) is 1.51. The van der Waals surface area contributed by atoms with E-state index in [4.69, 9.17) is 0 Å². The Hall–Kier alpha value is -1.71. The van der Waals surface area contributed by atoms with Crippen molar-refractivity contribution in [2.75, 3.05) is 0 Å². The van der Waals surface area contributed by atoms with E-state index >= 15 is 0 Å². The van der Waals surface area contributed by atoms with Gasteiger partial charge in [0.1, 0.15) is 0 Å². The van der Waals surface area contributed by atoms with Gasteiger partial charge in [0.05, 0.1) is 5.56 Å². The van der Waals surface area contributed by atoms with Crippen LogP contribution in [0.3, 0.4) is 0 Å². The van der Waals surface area contributed by atoms with Gasteiger partial charge in [-0.1, -0.05) is 13.8 Å². The third-order valence-corrected chi connectivity index (χ3v) is 2.34. The number of aromatic nitrogens is 3. The molecule has 0 fully saturated rings. The Bertz CT molecular complexity index is 502. The van der Waals surface area contributed by atoms with E-state index in [9.17, 15) is 4.79 Å². The van der Waals surface area contributed by atoms with E-state index in [0.717, 1.165) is 12.2 Å². The maximum Gasteiger partial charge on any atom is 0.166 e. The standard InChI is InChI=1S/C11H13N3O/c1-3-9(15)8-6-5-7-14-11(8)12-10(4-2)13-14/h5-7H,3-4H2,1-2H3. The number of pyridine rings is 1. The molecule has 0 radical (unpaired) electrons. The highest BCUT2D eigenvalue weighted by Gasteiger charge is 2.11. The molecule has 2 heterocycles. The largest absolute Gasteiger partial charge is 0.294 e. The lowest BCUT2D eigenvalue weighted by Crippen LogP contribution is -2.00. The number of carbonyl (C=O) groups excluding carboxylic acids is 1. The number of fused-ring (bicyclic) bond motifs is 1. The Kier molecular flexibility index (Phi) is 2.49. The molecule has 2 aromatic heterocycles. The number of nitrogens with zero attached hydrogens (tertiary/aromatic N) is 3. The Labute approximate surface area is 87.9 Å². The van der Waals surface area contributed by atoms with Gasteiger partial charge in [0, 0.05) is 19.0 Å². The van der Waals surface area contributed by atoms with Gasteiger partial charge < -0.3 is 0 Å². The summed E-state index contributed by atoms with van der Waals surface area (Å²) in [5.41, 5.74) is 1.33. The molecule has 0 aliphatic heterocycles. The molecule has 0 aliphatic rings. The first-order valence-electron chi connectivity index (χ1n) is 5.13. The van der Waals surface area contributed by atoms with Crippen LogP contribution in [0.25, 0.3) is 5.65 Å². The zero-order valence-corrected chi connectivity index (χ0v) is 8.90. The quantitative estimate of drug-likeness (QED) is 0.715. The number of ketones is 1. The van der Waals surface area contributed by atoms with Crippen LogP contribution in [0.1, 0.15) is 36.5 Å². The van der Waals surface area contributed by atoms with E-state index in [0.29, 0.717) is 17.6 Å². The van der Waals surface area contributed by atoms with Crippen LogP contribution in [-0.4, -0.2) is 20.4 Å². The van der Waals surface area contributed by atoms with Crippen LogP contribution in [0, 0.1) is 0 Å². The lowest BCUT2D eigenvalue weighted by atomic mass is 10.1. The highest BCUT2D eigenvalue weighted by atomic mass is 16.1. The summed E-state index contributed by atoms with van der Waals surface area (Å²) in [6, 6.07) is 3.62. The molecular weight excluding hydrogens is 190 g/mol. The second-order valence-corrected chi connectivity index (χ2v) is 3.35. The Morgan fingerprint density at radius 3 is 2.93 bits per heavy atom. The highest BCUT2D eigenvalue weighted by molar-refractivity contribution is 6.01. The average Bonchev–Trinajstić information content (AvgIpc) is 2.70. The van der Waals surface area contributed by atoms with E-state index in [1.54, 1.807) is 10.6 Å². The minimum absolute atomic E-state index is 0.107. The van der Waals surface area contributed by atoms with Crippen LogP contribution in [0.2, 0.25) is 0 Å². The molecule has 4 heteroatoms. The van der Waals surface area contributed by atoms with Gasteiger partial charge in [-0.05, 0) is 12.1 Å². The third-order valence-electron chi connectivity index (χ3n) is 2.34. The maximum absolute atomic E-state index is 11.6. The van der Waals surface area contributed by atoms with Gasteiger partial charge in [0.15, 0.2) is 17.3 Å². The van der Waals surface area contributed by atoms with Gasteiger partial charge in [0.25, 0.3) is 0 Å². The van der Waals surface area contributed by atoms with Crippen LogP contribution in [0.4, 0.5) is 0 Å². The summed E-state index contributed by atoms with van der Waals surface area (Å²) in [5.74, 6) is 0.877. The summed E-state index contributed by atoms with van der Waals surface area (Å²) < 4.78 is 1.67. The van der Waals surface area contributed by atoms with Crippen LogP contribution >= 0.6 is 0 Å². The molecule has 0 aromatic carbocycles. The van der Waals surface area contributed by atoms with E-state index in [1.165, 1.54) is 0 Å². The summed E-state index contributed by atoms with van der Waals surface area (Å²) >= 11 is 0. The lowest BCUT2D eigenvalue weighted by molar-refractivity contribution is 0.0989. The average molecular weight is 203 g/mol. The number of hydrogen-bond donors (Lipinski definition) is 0. The first-order chi connectivity index (χ1) is 7.26. The number of Topliss-reactive ketones (excluding diaryl/α,β-unsaturated/α-hetero) is 1. The Balaban J connectivity index is 2.64. The summed E-state index contributed by atoms with van der Waals surface area (Å²) in [7, 11) is 0. The van der Waals surface area contributed by atoms with Crippen molar-refractivity contribution in [2.24, 2.45) is 0 Å². The van der Waals surface area contributed by atoms with Crippen molar-refractivity contribution >= 4 is 11.4 Å². The van der Waals surface area contributed by atoms with Crippen molar-refractivity contribution in [1.29, 1.82) is 0 Å². The fourth-order valence-corrected chi connectivity index (χ4v) is 1.51. The summed E-state index contributed by atoms with van der Waals surface area (Å²) in [5, 5.41) is 4.26. The number of rotatable bonds is 3. The molecule has 15 heavy (non-hydrogen) atoms. The topological polar surface area (TPSA) is 47.3 Å². The van der Waals surface area contributed by atoms with Gasteiger partial charge in [-0.15, -0.1) is 0 Å². The third kappa shape index (κ3) is 1.63. The van der Waals surface area contributed by atoms with Gasteiger partial charge in [0.2, 0.25) is 0 Å². The van der Waals surface area contributed by atoms with Crippen molar-refractivity contribution in [3.63, 3.8) is 0 Å². The molecule has 0 saturated carbocycles. The SMILES string of the molecule is CCC(=O)c1cccn2nc(CC)nc12. The van der Waals surface area contributed by atoms with E-state index in [-0.39, 0.29) is 5.78 Å². The van der Waals surface area contributed by atoms with Crippen molar-refractivity contribution in [3.05, 3.63) is 29.7 Å². The van der Waals surface area contributed by atoms with Gasteiger partial charge in [-0.2, -0.15) is 5.10 Å². The summed E-state index contributed by atoms with van der Waals surface area (Å²) in [6.07, 6.45) is 3.09. The Morgan fingerprint density at radius 2 is 2.27 bits per heavy atom. The molecule has 0 amide bonds. The minimum atomic E-state index is 0.107. The predicted molar refractivity (Wildman–Crippen MR) is 57.0 cm³/mol. The van der Waals surface area contributed by atoms with Crippen molar-refractivity contribution in [3.8, 4) is 0 Å². The van der Waals surface area contributed by atoms with Gasteiger partial charge >= 0.3 is 0 Å². The maximum atomic E-state index is 11.6. The molecular formula is C11H13N3O. The molecule has 2 aromatic rings. The molecule has 0 N–H and O–H groups in total. The second kappa shape index (κ2) is 3.81. The molecule has 0 bridgehead atoms. The molecule has 4 nitrogen and oxygen atoms in total. The first kappa shape index (κ1) is 9.83. The van der Waals surface area contributed by atoms with Crippen LogP contribution in [0.5, 0.6) is 0 Å². The monoisotopic (exact) mass is 203 g/mol. The van der Waals surface area contributed by atoms with E-state index < -0.39 is 0 Å². The zero-order valence-electron chi connectivity index (χ0n) is 8.90. The smallest absolute Gasteiger partial charge is 0.166 e. The molecule has 2 rings (SSSR count). The van der Waals surface area contributed by atoms with Crippen LogP contribution in [-0.2, 0) is 6.42 Å². The minimum Gasteiger partial charge on any atom is -0.294 e. The van der Waals surface area contributed by atoms with Gasteiger partial charge in [-0.25, -0.2) is 9.50 Å². The second-order valence-electron chi connectivity index (χ2n) is 3.35. The normalized spacial score (nSPS) is 10.8. The summed E-state index contributed by atoms with van der Waals surface area (Å²) in [4.78, 5) is 16.0. The number of hydrogen-bond acceptors (Lipinski definition) is 3. The highest BCUT2D eigenvalue weighted by Crippen LogP contribution is 2.11. The predicted octanol–water partition coefficient (Wildman–Crippen LogP) is 1.88. The fraction of sp³-hybridized carbons (Fsp3) is 0.364. The molecule has 0 spiro atoms. The number of aryl methyl sites for hydroxylation is 1. The molecule has 0 saturated heterocycles. The van der Waals surface area contributed by atoms with E-state index in [1.807, 2.05) is 26.1 Å².